The Balaban J connectivity index is 0.920. The van der Waals surface area contributed by atoms with Crippen molar-refractivity contribution in [3.63, 3.8) is 0 Å². The lowest BCUT2D eigenvalue weighted by molar-refractivity contribution is 1.28. The third-order valence-electron chi connectivity index (χ3n) is 12.2. The van der Waals surface area contributed by atoms with Gasteiger partial charge in [0.1, 0.15) is 0 Å². The minimum atomic E-state index is 1.10. The Morgan fingerprint density at radius 1 is 0.333 bits per heavy atom. The summed E-state index contributed by atoms with van der Waals surface area (Å²) < 4.78 is 0. The van der Waals surface area contributed by atoms with E-state index in [0.717, 1.165) is 17.1 Å². The summed E-state index contributed by atoms with van der Waals surface area (Å²) in [4.78, 5) is 2.36. The third kappa shape index (κ3) is 6.29. The molecule has 282 valence electrons. The monoisotopic (exact) mass is 763 g/mol. The molecule has 0 aromatic heterocycles. The number of anilines is 3. The number of hydrogen-bond acceptors (Lipinski definition) is 1. The Morgan fingerprint density at radius 2 is 0.783 bits per heavy atom. The molecule has 0 spiro atoms. The number of hydrogen-bond donors (Lipinski definition) is 0. The van der Waals surface area contributed by atoms with Gasteiger partial charge in [0.05, 0.1) is 0 Å². The van der Waals surface area contributed by atoms with Gasteiger partial charge in [-0.25, -0.2) is 0 Å². The number of rotatable bonds is 8. The molecule has 0 atom stereocenters. The molecule has 0 aliphatic carbocycles. The second-order valence-electron chi connectivity index (χ2n) is 15.8. The van der Waals surface area contributed by atoms with E-state index in [1.165, 1.54) is 93.2 Å². The van der Waals surface area contributed by atoms with E-state index in [1.807, 2.05) is 0 Å². The van der Waals surface area contributed by atoms with Gasteiger partial charge in [-0.15, -0.1) is 0 Å². The highest BCUT2D eigenvalue weighted by Gasteiger charge is 2.16. The number of nitrogens with zero attached hydrogens (tertiary/aromatic N) is 1. The van der Waals surface area contributed by atoms with E-state index < -0.39 is 0 Å². The van der Waals surface area contributed by atoms with Gasteiger partial charge >= 0.3 is 0 Å². The van der Waals surface area contributed by atoms with Crippen LogP contribution in [0.25, 0.3) is 88.1 Å². The number of allylic oxidation sites excluding steroid dienone is 1. The second kappa shape index (κ2) is 14.9. The minimum Gasteiger partial charge on any atom is -0.310 e. The van der Waals surface area contributed by atoms with Gasteiger partial charge in [-0.05, 0) is 136 Å². The molecule has 0 N–H and O–H groups in total. The lowest BCUT2D eigenvalue weighted by atomic mass is 9.88. The van der Waals surface area contributed by atoms with Crippen LogP contribution in [0.5, 0.6) is 0 Å². The Hall–Kier alpha value is -7.74. The van der Waals surface area contributed by atoms with Crippen molar-refractivity contribution in [1.82, 2.24) is 0 Å². The van der Waals surface area contributed by atoms with E-state index in [0.29, 0.717) is 0 Å². The first-order valence-electron chi connectivity index (χ1n) is 20.7. The van der Waals surface area contributed by atoms with Crippen molar-refractivity contribution in [3.05, 3.63) is 236 Å². The summed E-state index contributed by atoms with van der Waals surface area (Å²) in [6, 6.07) is 81.7. The molecule has 1 nitrogen and oxygen atoms in total. The normalized spacial score (nSPS) is 11.8. The number of benzene rings is 11. The average molecular weight is 764 g/mol. The van der Waals surface area contributed by atoms with E-state index in [-0.39, 0.29) is 0 Å². The maximum atomic E-state index is 2.36. The van der Waals surface area contributed by atoms with Crippen LogP contribution in [-0.2, 0) is 0 Å². The molecular formula is C59H41N. The van der Waals surface area contributed by atoms with Gasteiger partial charge in [-0.1, -0.05) is 194 Å². The Labute approximate surface area is 351 Å². The zero-order valence-corrected chi connectivity index (χ0v) is 33.4. The molecule has 0 radical (unpaired) electrons. The van der Waals surface area contributed by atoms with Gasteiger partial charge in [0.25, 0.3) is 0 Å². The zero-order valence-electron chi connectivity index (χ0n) is 33.4. The van der Waals surface area contributed by atoms with Gasteiger partial charge in [0.2, 0.25) is 0 Å². The summed E-state index contributed by atoms with van der Waals surface area (Å²) >= 11 is 0. The van der Waals surface area contributed by atoms with Crippen LogP contribution >= 0.6 is 0 Å². The molecular weight excluding hydrogens is 723 g/mol. The summed E-state index contributed by atoms with van der Waals surface area (Å²) in [5.74, 6) is 0. The van der Waals surface area contributed by atoms with Crippen LogP contribution in [0.4, 0.5) is 17.1 Å². The first-order chi connectivity index (χ1) is 29.7. The van der Waals surface area contributed by atoms with Gasteiger partial charge in [-0.2, -0.15) is 0 Å². The summed E-state index contributed by atoms with van der Waals surface area (Å²) in [6.45, 7) is 2.23. The standard InChI is InChI=1S/C59H41N/c1-40(37-49-33-36-57-55-25-11-18-46-17-10-24-54(58(46)55)56-26-12-23-53(49)59(56)57)41-27-29-44(30-28-41)45-31-34-50(35-32-45)60(51-21-8-19-47(38-51)42-13-4-2-5-14-42)52-22-9-20-48(39-52)43-15-6-3-7-16-43/h2-39H,1H3/b40-37-. The summed E-state index contributed by atoms with van der Waals surface area (Å²) in [7, 11) is 0. The lowest BCUT2D eigenvalue weighted by Crippen LogP contribution is -2.10. The molecule has 11 aromatic carbocycles. The van der Waals surface area contributed by atoms with Crippen molar-refractivity contribution in [2.45, 2.75) is 6.92 Å². The molecule has 0 unspecified atom stereocenters. The van der Waals surface area contributed by atoms with Crippen molar-refractivity contribution in [1.29, 1.82) is 0 Å². The van der Waals surface area contributed by atoms with E-state index in [1.54, 1.807) is 0 Å². The van der Waals surface area contributed by atoms with Crippen molar-refractivity contribution in [3.8, 4) is 33.4 Å². The fourth-order valence-corrected chi connectivity index (χ4v) is 9.20. The molecule has 0 aliphatic rings. The molecule has 0 bridgehead atoms. The molecule has 0 fully saturated rings. The highest BCUT2D eigenvalue weighted by Crippen LogP contribution is 2.42. The smallest absolute Gasteiger partial charge is 0.0467 e. The van der Waals surface area contributed by atoms with E-state index in [2.05, 4.69) is 242 Å². The topological polar surface area (TPSA) is 3.24 Å². The van der Waals surface area contributed by atoms with E-state index >= 15 is 0 Å². The van der Waals surface area contributed by atoms with Crippen molar-refractivity contribution in [2.75, 3.05) is 4.90 Å². The van der Waals surface area contributed by atoms with Crippen LogP contribution in [0.15, 0.2) is 224 Å². The highest BCUT2D eigenvalue weighted by molar-refractivity contribution is 6.33. The number of fused-ring (bicyclic) bond motifs is 2. The average Bonchev–Trinajstić information content (AvgIpc) is 3.32. The van der Waals surface area contributed by atoms with Crippen LogP contribution in [0, 0.1) is 0 Å². The van der Waals surface area contributed by atoms with Gasteiger partial charge < -0.3 is 4.90 Å². The van der Waals surface area contributed by atoms with Gasteiger partial charge in [0.15, 0.2) is 0 Å². The Morgan fingerprint density at radius 3 is 1.37 bits per heavy atom. The largest absolute Gasteiger partial charge is 0.310 e. The predicted molar refractivity (Wildman–Crippen MR) is 259 cm³/mol. The molecule has 1 heteroatoms. The lowest BCUT2D eigenvalue weighted by Gasteiger charge is -2.27. The Kier molecular flexibility index (Phi) is 8.79. The fraction of sp³-hybridized carbons (Fsp3) is 0.0169. The third-order valence-corrected chi connectivity index (χ3v) is 12.2. The highest BCUT2D eigenvalue weighted by atomic mass is 15.1. The zero-order chi connectivity index (χ0) is 40.0. The first-order valence-corrected chi connectivity index (χ1v) is 20.7. The maximum absolute atomic E-state index is 2.36. The molecule has 0 saturated carbocycles. The summed E-state index contributed by atoms with van der Waals surface area (Å²) in [5, 5.41) is 10.6. The Bertz CT molecular complexity index is 3210. The molecule has 11 rings (SSSR count). The van der Waals surface area contributed by atoms with Crippen LogP contribution < -0.4 is 4.90 Å². The maximum Gasteiger partial charge on any atom is 0.0467 e. The summed E-state index contributed by atoms with van der Waals surface area (Å²) in [5.41, 5.74) is 14.2. The quantitative estimate of drug-likeness (QED) is 0.0846. The first kappa shape index (κ1) is 35.4. The van der Waals surface area contributed by atoms with Crippen molar-refractivity contribution in [2.24, 2.45) is 0 Å². The van der Waals surface area contributed by atoms with Crippen LogP contribution in [0.1, 0.15) is 18.1 Å². The second-order valence-corrected chi connectivity index (χ2v) is 15.8. The van der Waals surface area contributed by atoms with Crippen LogP contribution in [0.2, 0.25) is 0 Å². The molecule has 11 aromatic rings. The van der Waals surface area contributed by atoms with Gasteiger partial charge in [-0.3, -0.25) is 0 Å². The van der Waals surface area contributed by atoms with Crippen molar-refractivity contribution >= 4 is 71.8 Å². The van der Waals surface area contributed by atoms with Crippen molar-refractivity contribution < 1.29 is 0 Å². The van der Waals surface area contributed by atoms with Crippen LogP contribution in [0.3, 0.4) is 0 Å². The molecule has 0 aliphatic heterocycles. The predicted octanol–water partition coefficient (Wildman–Crippen LogP) is 16.8. The molecule has 0 amide bonds. The summed E-state index contributed by atoms with van der Waals surface area (Å²) in [6.07, 6.45) is 2.35. The molecule has 0 saturated heterocycles. The van der Waals surface area contributed by atoms with E-state index in [9.17, 15) is 0 Å². The molecule has 60 heavy (non-hydrogen) atoms. The minimum absolute atomic E-state index is 1.10. The SMILES string of the molecule is C/C(=C/c1ccc2c3cccc4cccc(c5cccc1c52)c43)c1ccc(-c2ccc(N(c3cccc(-c4ccccc4)c3)c3cccc(-c4ccccc4)c3)cc2)cc1. The fourth-order valence-electron chi connectivity index (χ4n) is 9.20. The molecule has 0 heterocycles. The van der Waals surface area contributed by atoms with Gasteiger partial charge in [0, 0.05) is 17.1 Å². The van der Waals surface area contributed by atoms with Crippen LogP contribution in [-0.4, -0.2) is 0 Å². The van der Waals surface area contributed by atoms with E-state index in [4.69, 9.17) is 0 Å².